The molecule has 0 amide bonds. The fourth-order valence-electron chi connectivity index (χ4n) is 3.72. The van der Waals surface area contributed by atoms with Gasteiger partial charge in [0.2, 0.25) is 5.78 Å². The number of H-pyrrole nitrogens is 1. The third kappa shape index (κ3) is 3.66. The van der Waals surface area contributed by atoms with Gasteiger partial charge in [0.1, 0.15) is 6.04 Å². The molecule has 23 heavy (non-hydrogen) atoms. The van der Waals surface area contributed by atoms with Gasteiger partial charge >= 0.3 is 5.97 Å². The summed E-state index contributed by atoms with van der Waals surface area (Å²) in [5.74, 6) is 0.308. The fourth-order valence-corrected chi connectivity index (χ4v) is 3.72. The summed E-state index contributed by atoms with van der Waals surface area (Å²) in [5, 5.41) is 2.21. The summed E-state index contributed by atoms with van der Waals surface area (Å²) in [4.78, 5) is 27.8. The van der Waals surface area contributed by atoms with Crippen molar-refractivity contribution in [1.29, 1.82) is 0 Å². The van der Waals surface area contributed by atoms with Crippen molar-refractivity contribution in [2.24, 2.45) is 5.92 Å². The average molecular weight is 321 g/mol. The number of aromatic amines is 1. The second-order valence-electron chi connectivity index (χ2n) is 6.89. The van der Waals surface area contributed by atoms with Gasteiger partial charge in [0.15, 0.2) is 0 Å². The molecule has 0 aliphatic heterocycles. The maximum Gasteiger partial charge on any atom is 0.339 e. The Morgan fingerprint density at radius 3 is 2.52 bits per heavy atom. The van der Waals surface area contributed by atoms with E-state index in [1.54, 1.807) is 13.8 Å². The van der Waals surface area contributed by atoms with Crippen LogP contribution >= 0.6 is 0 Å². The third-order valence-electron chi connectivity index (χ3n) is 5.20. The smallest absolute Gasteiger partial charge is 0.339 e. The highest BCUT2D eigenvalue weighted by molar-refractivity contribution is 6.03. The number of quaternary nitrogens is 1. The summed E-state index contributed by atoms with van der Waals surface area (Å²) < 4.78 is 4.81. The van der Waals surface area contributed by atoms with Gasteiger partial charge in [-0.05, 0) is 45.6 Å². The van der Waals surface area contributed by atoms with Crippen LogP contribution in [-0.2, 0) is 4.74 Å². The zero-order chi connectivity index (χ0) is 17.1. The first-order valence-electron chi connectivity index (χ1n) is 8.53. The quantitative estimate of drug-likeness (QED) is 0.644. The predicted molar refractivity (Wildman–Crippen MR) is 88.7 cm³/mol. The highest BCUT2D eigenvalue weighted by Gasteiger charge is 2.31. The molecule has 0 spiro atoms. The molecule has 0 bridgehead atoms. The number of esters is 1. The first-order valence-corrected chi connectivity index (χ1v) is 8.53. The number of methoxy groups -OCH3 is 1. The normalized spacial score (nSPS) is 22.7. The van der Waals surface area contributed by atoms with E-state index in [1.165, 1.54) is 32.8 Å². The predicted octanol–water partition coefficient (Wildman–Crippen LogP) is 2.13. The molecule has 0 unspecified atom stereocenters. The Bertz CT molecular complexity index is 591. The van der Waals surface area contributed by atoms with Crippen molar-refractivity contribution >= 4 is 11.8 Å². The number of hydrogen-bond donors (Lipinski definition) is 2. The van der Waals surface area contributed by atoms with Crippen LogP contribution < -0.4 is 5.32 Å². The number of rotatable bonds is 5. The van der Waals surface area contributed by atoms with Crippen molar-refractivity contribution < 1.29 is 19.6 Å². The minimum absolute atomic E-state index is 0.0542. The van der Waals surface area contributed by atoms with Gasteiger partial charge in [0, 0.05) is 11.6 Å². The number of ketones is 1. The molecule has 1 aromatic rings. The van der Waals surface area contributed by atoms with E-state index in [0.29, 0.717) is 34.5 Å². The maximum absolute atomic E-state index is 12.8. The Hall–Kier alpha value is -1.62. The van der Waals surface area contributed by atoms with Gasteiger partial charge in [0.05, 0.1) is 24.4 Å². The van der Waals surface area contributed by atoms with Crippen molar-refractivity contribution in [3.63, 3.8) is 0 Å². The lowest BCUT2D eigenvalue weighted by atomic mass is 9.85. The molecule has 0 radical (unpaired) electrons. The van der Waals surface area contributed by atoms with E-state index in [-0.39, 0.29) is 11.8 Å². The van der Waals surface area contributed by atoms with E-state index in [1.807, 2.05) is 6.92 Å². The molecule has 5 nitrogen and oxygen atoms in total. The summed E-state index contributed by atoms with van der Waals surface area (Å²) in [6, 6.07) is 0.363. The minimum Gasteiger partial charge on any atom is -0.465 e. The van der Waals surface area contributed by atoms with E-state index >= 15 is 0 Å². The molecule has 1 aliphatic rings. The van der Waals surface area contributed by atoms with Crippen molar-refractivity contribution in [2.45, 2.75) is 65.5 Å². The zero-order valence-electron chi connectivity index (χ0n) is 14.9. The Labute approximate surface area is 138 Å². The largest absolute Gasteiger partial charge is 0.465 e. The van der Waals surface area contributed by atoms with E-state index in [9.17, 15) is 9.59 Å². The standard InChI is InChI=1S/C18H28N2O3/c1-10-8-6-7-9-14(10)19-13(4)17(21)16-11(2)15(12(3)20-16)18(22)23-5/h10,13-14,19-20H,6-9H2,1-5H3/p+1/t10-,13-,14-/m0/s1. The molecule has 1 heterocycles. The molecular formula is C18H29N2O3+. The van der Waals surface area contributed by atoms with Gasteiger partial charge in [-0.3, -0.25) is 4.79 Å². The highest BCUT2D eigenvalue weighted by atomic mass is 16.5. The zero-order valence-corrected chi connectivity index (χ0v) is 14.9. The van der Waals surface area contributed by atoms with Gasteiger partial charge in [-0.25, -0.2) is 4.79 Å². The number of aryl methyl sites for hydroxylation is 1. The molecule has 3 atom stereocenters. The average Bonchev–Trinajstić information content (AvgIpc) is 2.82. The van der Waals surface area contributed by atoms with Crippen LogP contribution in [0.4, 0.5) is 0 Å². The molecule has 1 fully saturated rings. The van der Waals surface area contributed by atoms with E-state index in [4.69, 9.17) is 4.74 Å². The van der Waals surface area contributed by atoms with E-state index < -0.39 is 5.97 Å². The van der Waals surface area contributed by atoms with E-state index in [2.05, 4.69) is 17.2 Å². The second-order valence-corrected chi connectivity index (χ2v) is 6.89. The van der Waals surface area contributed by atoms with Crippen molar-refractivity contribution in [2.75, 3.05) is 7.11 Å². The van der Waals surface area contributed by atoms with Crippen LogP contribution in [0.15, 0.2) is 0 Å². The summed E-state index contributed by atoms with van der Waals surface area (Å²) in [7, 11) is 1.36. The molecule has 0 aromatic carbocycles. The van der Waals surface area contributed by atoms with Gasteiger partial charge < -0.3 is 15.0 Å². The van der Waals surface area contributed by atoms with Gasteiger partial charge in [-0.15, -0.1) is 0 Å². The molecular weight excluding hydrogens is 292 g/mol. The van der Waals surface area contributed by atoms with Crippen molar-refractivity contribution in [3.8, 4) is 0 Å². The highest BCUT2D eigenvalue weighted by Crippen LogP contribution is 2.22. The van der Waals surface area contributed by atoms with Gasteiger partial charge in [0.25, 0.3) is 0 Å². The van der Waals surface area contributed by atoms with Crippen LogP contribution in [0.1, 0.15) is 71.6 Å². The second kappa shape index (κ2) is 7.30. The molecule has 1 aliphatic carbocycles. The van der Waals surface area contributed by atoms with Crippen LogP contribution in [0, 0.1) is 19.8 Å². The number of aromatic nitrogens is 1. The van der Waals surface area contributed by atoms with Gasteiger partial charge in [-0.1, -0.05) is 13.3 Å². The van der Waals surface area contributed by atoms with Crippen molar-refractivity contribution in [1.82, 2.24) is 4.98 Å². The number of carbonyl (C=O) groups is 2. The number of carbonyl (C=O) groups excluding carboxylic acids is 2. The monoisotopic (exact) mass is 321 g/mol. The Balaban J connectivity index is 2.15. The van der Waals surface area contributed by atoms with Crippen molar-refractivity contribution in [3.05, 3.63) is 22.5 Å². The van der Waals surface area contributed by atoms with Gasteiger partial charge in [-0.2, -0.15) is 0 Å². The number of nitrogens with two attached hydrogens (primary N) is 1. The number of ether oxygens (including phenoxy) is 1. The Kier molecular flexibility index (Phi) is 5.63. The van der Waals surface area contributed by atoms with E-state index in [0.717, 1.165) is 0 Å². The molecule has 1 aromatic heterocycles. The number of nitrogens with one attached hydrogen (secondary N) is 1. The Morgan fingerprint density at radius 2 is 1.91 bits per heavy atom. The summed E-state index contributed by atoms with van der Waals surface area (Å²) in [6.45, 7) is 7.83. The van der Waals surface area contributed by atoms with Crippen LogP contribution in [0.5, 0.6) is 0 Å². The Morgan fingerprint density at radius 1 is 1.26 bits per heavy atom. The third-order valence-corrected chi connectivity index (χ3v) is 5.20. The summed E-state index contributed by atoms with van der Waals surface area (Å²) in [6.07, 6.45) is 4.97. The number of hydrogen-bond acceptors (Lipinski definition) is 3. The summed E-state index contributed by atoms with van der Waals surface area (Å²) >= 11 is 0. The minimum atomic E-state index is -0.396. The fraction of sp³-hybridized carbons (Fsp3) is 0.667. The lowest BCUT2D eigenvalue weighted by Crippen LogP contribution is -2.97. The first kappa shape index (κ1) is 17.7. The topological polar surface area (TPSA) is 75.8 Å². The molecule has 2 rings (SSSR count). The molecule has 128 valence electrons. The van der Waals surface area contributed by atoms with Crippen LogP contribution in [0.25, 0.3) is 0 Å². The van der Waals surface area contributed by atoms with Crippen LogP contribution in [-0.4, -0.2) is 35.9 Å². The van der Waals surface area contributed by atoms with Crippen LogP contribution in [0.3, 0.4) is 0 Å². The number of Topliss-reactive ketones (excluding diaryl/α,β-unsaturated/α-hetero) is 1. The molecule has 5 heteroatoms. The van der Waals surface area contributed by atoms with Crippen LogP contribution in [0.2, 0.25) is 0 Å². The first-order chi connectivity index (χ1) is 10.9. The maximum atomic E-state index is 12.8. The SMILES string of the molecule is COC(=O)c1c(C)[nH]c(C(=O)[C@H](C)[NH2+][C@H]2CCCC[C@@H]2C)c1C. The lowest BCUT2D eigenvalue weighted by Gasteiger charge is -2.28. The summed E-state index contributed by atoms with van der Waals surface area (Å²) in [5.41, 5.74) is 2.40. The molecule has 0 saturated heterocycles. The molecule has 3 N–H and O–H groups in total. The molecule has 1 saturated carbocycles. The lowest BCUT2D eigenvalue weighted by molar-refractivity contribution is -0.713.